The first-order valence-corrected chi connectivity index (χ1v) is 9.56. The van der Waals surface area contributed by atoms with Crippen LogP contribution in [0.3, 0.4) is 0 Å². The molecule has 3 aliphatic rings. The van der Waals surface area contributed by atoms with Crippen LogP contribution < -0.4 is 0 Å². The van der Waals surface area contributed by atoms with E-state index in [0.717, 1.165) is 11.3 Å². The number of amides is 2. The van der Waals surface area contributed by atoms with Crippen LogP contribution in [0.5, 0.6) is 0 Å². The molecular formula is C20H23N3O5. The van der Waals surface area contributed by atoms with Crippen LogP contribution in [0.2, 0.25) is 0 Å². The first kappa shape index (κ1) is 17.7. The molecule has 1 spiro atoms. The zero-order valence-corrected chi connectivity index (χ0v) is 15.7. The van der Waals surface area contributed by atoms with E-state index in [9.17, 15) is 14.7 Å². The zero-order chi connectivity index (χ0) is 19.5. The van der Waals surface area contributed by atoms with Crippen LogP contribution in [0.25, 0.3) is 0 Å². The van der Waals surface area contributed by atoms with Crippen LogP contribution in [-0.4, -0.2) is 68.9 Å². The average molecular weight is 385 g/mol. The molecule has 3 aliphatic heterocycles. The number of rotatable bonds is 4. The third-order valence-electron chi connectivity index (χ3n) is 6.09. The fourth-order valence-electron chi connectivity index (χ4n) is 4.81. The number of carbonyl (C=O) groups excluding carboxylic acids is 2. The number of fused-ring (bicyclic) bond motifs is 2. The molecule has 3 saturated heterocycles. The van der Waals surface area contributed by atoms with Gasteiger partial charge in [-0.15, -0.1) is 0 Å². The first-order valence-electron chi connectivity index (χ1n) is 9.56. The lowest BCUT2D eigenvalue weighted by Gasteiger charge is -2.58. The maximum atomic E-state index is 13.4. The molecule has 2 atom stereocenters. The number of nitrogens with zero attached hydrogens (tertiary/aromatic N) is 3. The van der Waals surface area contributed by atoms with Crippen molar-refractivity contribution in [1.82, 2.24) is 14.7 Å². The van der Waals surface area contributed by atoms with E-state index in [0.29, 0.717) is 38.4 Å². The Morgan fingerprint density at radius 3 is 2.71 bits per heavy atom. The van der Waals surface area contributed by atoms with Crippen LogP contribution in [0.4, 0.5) is 0 Å². The number of hydrogen-bond acceptors (Lipinski definition) is 7. The van der Waals surface area contributed by atoms with Gasteiger partial charge in [0.2, 0.25) is 5.91 Å². The predicted octanol–water partition coefficient (Wildman–Crippen LogP) is 0.740. The minimum Gasteiger partial charge on any atom is -0.472 e. The van der Waals surface area contributed by atoms with Crippen LogP contribution in [0.1, 0.15) is 23.5 Å². The Hall–Kier alpha value is -2.42. The summed E-state index contributed by atoms with van der Waals surface area (Å²) in [5.41, 5.74) is 0.289. The molecule has 2 amide bonds. The van der Waals surface area contributed by atoms with E-state index < -0.39 is 17.7 Å². The second-order valence-electron chi connectivity index (χ2n) is 8.11. The van der Waals surface area contributed by atoms with Gasteiger partial charge in [0.05, 0.1) is 31.2 Å². The number of likely N-dealkylation sites (tertiary alicyclic amines) is 1. The number of furan rings is 2. The van der Waals surface area contributed by atoms with Gasteiger partial charge in [-0.2, -0.15) is 0 Å². The molecule has 0 bridgehead atoms. The lowest BCUT2D eigenvalue weighted by molar-refractivity contribution is -0.181. The SMILES string of the molecule is Cc1ccc(CN2C(=O)C3CC(O)CN3C3(CN(Cc4ccoc4)C3)C2=O)o1. The quantitative estimate of drug-likeness (QED) is 0.777. The van der Waals surface area contributed by atoms with Crippen molar-refractivity contribution in [2.24, 2.45) is 0 Å². The van der Waals surface area contributed by atoms with Crippen LogP contribution in [0, 0.1) is 6.92 Å². The fourth-order valence-corrected chi connectivity index (χ4v) is 4.81. The van der Waals surface area contributed by atoms with Gasteiger partial charge in [-0.3, -0.25) is 24.3 Å². The number of β-amino-alcohol motifs (C(OH)–C–C–N with tert-alkyl or cyclic N) is 1. The van der Waals surface area contributed by atoms with Crippen LogP contribution in [0.15, 0.2) is 39.6 Å². The van der Waals surface area contributed by atoms with E-state index in [4.69, 9.17) is 8.83 Å². The summed E-state index contributed by atoms with van der Waals surface area (Å²) in [6, 6.07) is 5.07. The molecule has 8 nitrogen and oxygen atoms in total. The molecular weight excluding hydrogens is 362 g/mol. The molecule has 2 aromatic heterocycles. The lowest BCUT2D eigenvalue weighted by Crippen LogP contribution is -2.81. The Bertz CT molecular complexity index is 899. The van der Waals surface area contributed by atoms with Crippen molar-refractivity contribution in [2.75, 3.05) is 19.6 Å². The van der Waals surface area contributed by atoms with E-state index in [2.05, 4.69) is 4.90 Å². The maximum absolute atomic E-state index is 13.4. The molecule has 1 N–H and O–H groups in total. The fraction of sp³-hybridized carbons (Fsp3) is 0.500. The highest BCUT2D eigenvalue weighted by Crippen LogP contribution is 2.41. The highest BCUT2D eigenvalue weighted by molar-refractivity contribution is 6.06. The number of aliphatic hydroxyl groups is 1. The van der Waals surface area contributed by atoms with Crippen LogP contribution >= 0.6 is 0 Å². The topological polar surface area (TPSA) is 90.4 Å². The number of carbonyl (C=O) groups is 2. The smallest absolute Gasteiger partial charge is 0.252 e. The van der Waals surface area contributed by atoms with Crippen molar-refractivity contribution in [2.45, 2.75) is 44.1 Å². The number of piperazine rings is 1. The van der Waals surface area contributed by atoms with Crippen molar-refractivity contribution >= 4 is 11.8 Å². The second kappa shape index (κ2) is 6.30. The van der Waals surface area contributed by atoms with Gasteiger partial charge in [-0.25, -0.2) is 0 Å². The Morgan fingerprint density at radius 2 is 2.04 bits per heavy atom. The Balaban J connectivity index is 1.40. The minimum atomic E-state index is -0.762. The molecule has 8 heteroatoms. The summed E-state index contributed by atoms with van der Waals surface area (Å²) in [5, 5.41) is 10.2. The van der Waals surface area contributed by atoms with Gasteiger partial charge in [0, 0.05) is 31.7 Å². The van der Waals surface area contributed by atoms with Crippen molar-refractivity contribution in [3.63, 3.8) is 0 Å². The van der Waals surface area contributed by atoms with E-state index in [1.807, 2.05) is 24.0 Å². The lowest BCUT2D eigenvalue weighted by atomic mass is 9.82. The minimum absolute atomic E-state index is 0.134. The first-order chi connectivity index (χ1) is 13.5. The van der Waals surface area contributed by atoms with Crippen molar-refractivity contribution in [3.05, 3.63) is 47.8 Å². The van der Waals surface area contributed by atoms with Gasteiger partial charge in [0.1, 0.15) is 17.1 Å². The maximum Gasteiger partial charge on any atom is 0.252 e. The number of aliphatic hydroxyl groups excluding tert-OH is 1. The third-order valence-corrected chi connectivity index (χ3v) is 6.09. The van der Waals surface area contributed by atoms with Gasteiger partial charge in [0.25, 0.3) is 5.91 Å². The monoisotopic (exact) mass is 385 g/mol. The number of hydrogen-bond donors (Lipinski definition) is 1. The molecule has 0 aliphatic carbocycles. The molecule has 0 radical (unpaired) electrons. The highest BCUT2D eigenvalue weighted by atomic mass is 16.3. The van der Waals surface area contributed by atoms with E-state index in [-0.39, 0.29) is 18.4 Å². The summed E-state index contributed by atoms with van der Waals surface area (Å²) >= 11 is 0. The summed E-state index contributed by atoms with van der Waals surface area (Å²) < 4.78 is 10.7. The number of aryl methyl sites for hydroxylation is 1. The van der Waals surface area contributed by atoms with Gasteiger partial charge in [0.15, 0.2) is 0 Å². The van der Waals surface area contributed by atoms with Gasteiger partial charge >= 0.3 is 0 Å². The molecule has 5 rings (SSSR count). The van der Waals surface area contributed by atoms with Crippen molar-refractivity contribution in [1.29, 1.82) is 0 Å². The summed E-state index contributed by atoms with van der Waals surface area (Å²) in [5.74, 6) is 0.903. The molecule has 2 unspecified atom stereocenters. The Kier molecular flexibility index (Phi) is 3.97. The van der Waals surface area contributed by atoms with E-state index in [1.165, 1.54) is 4.90 Å². The largest absolute Gasteiger partial charge is 0.472 e. The van der Waals surface area contributed by atoms with Crippen LogP contribution in [-0.2, 0) is 22.7 Å². The zero-order valence-electron chi connectivity index (χ0n) is 15.7. The number of imide groups is 1. The summed E-state index contributed by atoms with van der Waals surface area (Å²) in [6.07, 6.45) is 3.11. The molecule has 148 valence electrons. The average Bonchev–Trinajstić information content (AvgIpc) is 3.35. The predicted molar refractivity (Wildman–Crippen MR) is 96.8 cm³/mol. The summed E-state index contributed by atoms with van der Waals surface area (Å²) in [6.45, 7) is 4.07. The second-order valence-corrected chi connectivity index (χ2v) is 8.11. The van der Waals surface area contributed by atoms with Crippen molar-refractivity contribution in [3.8, 4) is 0 Å². The van der Waals surface area contributed by atoms with Gasteiger partial charge in [-0.05, 0) is 31.5 Å². The Morgan fingerprint density at radius 1 is 1.21 bits per heavy atom. The molecule has 0 aromatic carbocycles. The van der Waals surface area contributed by atoms with Gasteiger partial charge in [-0.1, -0.05) is 0 Å². The molecule has 28 heavy (non-hydrogen) atoms. The summed E-state index contributed by atoms with van der Waals surface area (Å²) in [7, 11) is 0. The summed E-state index contributed by atoms with van der Waals surface area (Å²) in [4.78, 5) is 31.9. The van der Waals surface area contributed by atoms with Crippen molar-refractivity contribution < 1.29 is 23.5 Å². The third kappa shape index (κ3) is 2.63. The van der Waals surface area contributed by atoms with E-state index in [1.54, 1.807) is 18.6 Å². The molecule has 5 heterocycles. The molecule has 3 fully saturated rings. The molecule has 2 aromatic rings. The van der Waals surface area contributed by atoms with Gasteiger partial charge < -0.3 is 13.9 Å². The normalized spacial score (nSPS) is 27.4. The highest BCUT2D eigenvalue weighted by Gasteiger charge is 2.64. The van der Waals surface area contributed by atoms with E-state index >= 15 is 0 Å². The molecule has 0 saturated carbocycles. The Labute approximate surface area is 162 Å². The standard InChI is InChI=1S/C20H23N3O5/c1-13-2-3-16(28-13)9-22-18(25)17-6-15(24)8-23(17)20(19(22)26)11-21(12-20)7-14-4-5-27-10-14/h2-5,10,15,17,24H,6-9,11-12H2,1H3.